The molecule has 0 radical (unpaired) electrons. The minimum Gasteiger partial charge on any atom is -0.239 e. The molecule has 0 spiro atoms. The van der Waals surface area contributed by atoms with E-state index in [1.165, 1.54) is 18.0 Å². The minimum atomic E-state index is 0.653. The van der Waals surface area contributed by atoms with Crippen LogP contribution in [0.4, 0.5) is 0 Å². The van der Waals surface area contributed by atoms with Crippen LogP contribution in [0, 0.1) is 0 Å². The first-order valence-corrected chi connectivity index (χ1v) is 3.27. The van der Waals surface area contributed by atoms with E-state index in [9.17, 15) is 0 Å². The van der Waals surface area contributed by atoms with Crippen molar-refractivity contribution >= 4 is 23.6 Å². The van der Waals surface area contributed by atoms with Gasteiger partial charge in [0.15, 0.2) is 5.17 Å². The third-order valence-corrected chi connectivity index (χ3v) is 1.12. The van der Waals surface area contributed by atoms with Crippen molar-refractivity contribution in [2.45, 2.75) is 0 Å². The molecule has 0 aromatic rings. The number of aliphatic imine (C=N–C) groups is 2. The van der Waals surface area contributed by atoms with Gasteiger partial charge in [-0.1, -0.05) is 18.3 Å². The van der Waals surface area contributed by atoms with Crippen molar-refractivity contribution in [3.05, 3.63) is 12.8 Å². The van der Waals surface area contributed by atoms with Crippen molar-refractivity contribution in [1.29, 1.82) is 0 Å². The second-order valence-corrected chi connectivity index (χ2v) is 1.73. The fraction of sp³-hybridized carbons (Fsp3) is 0.200. The Bertz CT molecular complexity index is 118. The Hall–Kier alpha value is -0.570. The summed E-state index contributed by atoms with van der Waals surface area (Å²) in [5.41, 5.74) is 0. The van der Waals surface area contributed by atoms with Gasteiger partial charge >= 0.3 is 0 Å². The molecule has 8 heavy (non-hydrogen) atoms. The summed E-state index contributed by atoms with van der Waals surface area (Å²) in [6.45, 7) is 6.71. The van der Waals surface area contributed by atoms with Crippen LogP contribution in [0.1, 0.15) is 0 Å². The molecule has 0 heterocycles. The highest BCUT2D eigenvalue weighted by Gasteiger charge is 1.83. The summed E-state index contributed by atoms with van der Waals surface area (Å²) in [4.78, 5) is 7.36. The predicted molar refractivity (Wildman–Crippen MR) is 40.7 cm³/mol. The molecule has 0 rings (SSSR count). The number of thioether (sulfide) groups is 1. The highest BCUT2D eigenvalue weighted by Crippen LogP contribution is 1.97. The molecule has 0 aliphatic rings. The summed E-state index contributed by atoms with van der Waals surface area (Å²) in [5, 5.41) is 0.653. The molecule has 0 atom stereocenters. The summed E-state index contributed by atoms with van der Waals surface area (Å²) in [6, 6.07) is 0. The van der Waals surface area contributed by atoms with Gasteiger partial charge < -0.3 is 0 Å². The monoisotopic (exact) mass is 128 g/mol. The van der Waals surface area contributed by atoms with Crippen LogP contribution < -0.4 is 0 Å². The lowest BCUT2D eigenvalue weighted by Crippen LogP contribution is -1.79. The van der Waals surface area contributed by atoms with Crippen molar-refractivity contribution in [3.63, 3.8) is 0 Å². The Morgan fingerprint density at radius 1 is 1.75 bits per heavy atom. The molecule has 0 amide bonds. The van der Waals surface area contributed by atoms with Gasteiger partial charge in [-0.15, -0.1) is 0 Å². The van der Waals surface area contributed by atoms with E-state index in [1.807, 2.05) is 6.26 Å². The van der Waals surface area contributed by atoms with Gasteiger partial charge in [0.2, 0.25) is 0 Å². The maximum atomic E-state index is 3.78. The smallest absolute Gasteiger partial charge is 0.186 e. The molecule has 0 unspecified atom stereocenters. The third kappa shape index (κ3) is 2.58. The minimum absolute atomic E-state index is 0.653. The zero-order valence-corrected chi connectivity index (χ0v) is 5.61. The highest BCUT2D eigenvalue weighted by atomic mass is 32.2. The molecule has 3 heteroatoms. The van der Waals surface area contributed by atoms with Gasteiger partial charge in [0.05, 0.1) is 0 Å². The first kappa shape index (κ1) is 7.43. The second-order valence-electron chi connectivity index (χ2n) is 0.956. The largest absolute Gasteiger partial charge is 0.239 e. The average molecular weight is 128 g/mol. The van der Waals surface area contributed by atoms with E-state index >= 15 is 0 Å². The molecule has 44 valence electrons. The topological polar surface area (TPSA) is 24.7 Å². The fourth-order valence-electron chi connectivity index (χ4n) is 0.236. The summed E-state index contributed by atoms with van der Waals surface area (Å²) < 4.78 is 0. The Balaban J connectivity index is 3.84. The van der Waals surface area contributed by atoms with E-state index in [4.69, 9.17) is 0 Å². The Labute approximate surface area is 53.4 Å². The molecule has 0 fully saturated rings. The number of rotatable bonds is 1. The van der Waals surface area contributed by atoms with E-state index in [-0.39, 0.29) is 0 Å². The normalized spacial score (nSPS) is 10.9. The molecule has 0 aromatic heterocycles. The lowest BCUT2D eigenvalue weighted by atomic mass is 11.0. The van der Waals surface area contributed by atoms with Crippen molar-refractivity contribution in [2.75, 3.05) is 6.26 Å². The molecule has 0 aromatic carbocycles. The van der Waals surface area contributed by atoms with E-state index < -0.39 is 0 Å². The van der Waals surface area contributed by atoms with Crippen LogP contribution in [0.15, 0.2) is 22.8 Å². The van der Waals surface area contributed by atoms with Gasteiger partial charge in [0.1, 0.15) is 0 Å². The number of amidine groups is 1. The zero-order chi connectivity index (χ0) is 6.41. The molecule has 0 saturated heterocycles. The van der Waals surface area contributed by atoms with Gasteiger partial charge in [-0.25, -0.2) is 9.98 Å². The predicted octanol–water partition coefficient (Wildman–Crippen LogP) is 1.55. The Kier molecular flexibility index (Phi) is 4.26. The summed E-state index contributed by atoms with van der Waals surface area (Å²) in [6.07, 6.45) is 3.33. The first-order chi connectivity index (χ1) is 3.85. The average Bonchev–Trinajstić information content (AvgIpc) is 1.83. The van der Waals surface area contributed by atoms with E-state index in [1.54, 1.807) is 0 Å². The standard InChI is InChI=1S/C5H8N2S/c1-4-7-5(6-2)8-3/h4H,1-2H2,3H3/b7-5+. The molecular formula is C5H8N2S. The van der Waals surface area contributed by atoms with Crippen molar-refractivity contribution in [3.8, 4) is 0 Å². The van der Waals surface area contributed by atoms with Gasteiger partial charge in [-0.2, -0.15) is 0 Å². The fourth-order valence-corrected chi connectivity index (χ4v) is 0.545. The zero-order valence-electron chi connectivity index (χ0n) is 4.79. The van der Waals surface area contributed by atoms with Crippen LogP contribution in [-0.4, -0.2) is 18.1 Å². The second kappa shape index (κ2) is 4.59. The van der Waals surface area contributed by atoms with E-state index in [0.29, 0.717) is 5.17 Å². The lowest BCUT2D eigenvalue weighted by molar-refractivity contribution is 1.57. The van der Waals surface area contributed by atoms with Crippen LogP contribution in [0.5, 0.6) is 0 Å². The first-order valence-electron chi connectivity index (χ1n) is 2.04. The van der Waals surface area contributed by atoms with Crippen molar-refractivity contribution in [1.82, 2.24) is 0 Å². The highest BCUT2D eigenvalue weighted by molar-refractivity contribution is 8.13. The summed E-state index contributed by atoms with van der Waals surface area (Å²) in [5.74, 6) is 0. The Morgan fingerprint density at radius 3 is 2.50 bits per heavy atom. The molecule has 0 bridgehead atoms. The molecule has 0 N–H and O–H groups in total. The van der Waals surface area contributed by atoms with Crippen LogP contribution in [0.25, 0.3) is 0 Å². The van der Waals surface area contributed by atoms with Crippen molar-refractivity contribution < 1.29 is 0 Å². The van der Waals surface area contributed by atoms with E-state index in [2.05, 4.69) is 23.3 Å². The van der Waals surface area contributed by atoms with E-state index in [0.717, 1.165) is 0 Å². The maximum Gasteiger partial charge on any atom is 0.186 e. The summed E-state index contributed by atoms with van der Waals surface area (Å²) in [7, 11) is 0. The van der Waals surface area contributed by atoms with Crippen LogP contribution in [0.2, 0.25) is 0 Å². The number of nitrogens with zero attached hydrogens (tertiary/aromatic N) is 2. The van der Waals surface area contributed by atoms with Crippen LogP contribution in [-0.2, 0) is 0 Å². The number of hydrogen-bond donors (Lipinski definition) is 0. The quantitative estimate of drug-likeness (QED) is 0.388. The maximum absolute atomic E-state index is 3.78. The van der Waals surface area contributed by atoms with Gasteiger partial charge in [-0.05, 0) is 13.0 Å². The molecular weight excluding hydrogens is 120 g/mol. The molecule has 0 saturated carbocycles. The Morgan fingerprint density at radius 2 is 2.38 bits per heavy atom. The van der Waals surface area contributed by atoms with Gasteiger partial charge in [0, 0.05) is 6.20 Å². The van der Waals surface area contributed by atoms with Crippen molar-refractivity contribution in [2.24, 2.45) is 9.98 Å². The molecule has 0 aliphatic heterocycles. The van der Waals surface area contributed by atoms with Gasteiger partial charge in [0.25, 0.3) is 0 Å². The lowest BCUT2D eigenvalue weighted by Gasteiger charge is -1.86. The SMILES string of the molecule is C=C/N=C(\N=C)SC. The number of hydrogen-bond acceptors (Lipinski definition) is 2. The third-order valence-electron chi connectivity index (χ3n) is 0.520. The summed E-state index contributed by atoms with van der Waals surface area (Å²) >= 11 is 1.44. The molecule has 2 nitrogen and oxygen atoms in total. The van der Waals surface area contributed by atoms with Crippen LogP contribution >= 0.6 is 11.8 Å². The van der Waals surface area contributed by atoms with Crippen LogP contribution in [0.3, 0.4) is 0 Å². The molecule has 0 aliphatic carbocycles. The van der Waals surface area contributed by atoms with Gasteiger partial charge in [-0.3, -0.25) is 0 Å².